The zero-order chi connectivity index (χ0) is 19.9. The number of carbonyl (C=O) groups excluding carboxylic acids is 1. The van der Waals surface area contributed by atoms with Crippen molar-refractivity contribution in [3.8, 4) is 5.75 Å². The number of halogens is 2. The average molecular weight is 422 g/mol. The van der Waals surface area contributed by atoms with E-state index in [1.165, 1.54) is 12.1 Å². The van der Waals surface area contributed by atoms with Gasteiger partial charge in [0, 0.05) is 38.3 Å². The Morgan fingerprint density at radius 3 is 2.79 bits per heavy atom. The van der Waals surface area contributed by atoms with Crippen LogP contribution in [0.1, 0.15) is 24.1 Å². The van der Waals surface area contributed by atoms with Crippen LogP contribution in [0.3, 0.4) is 0 Å². The van der Waals surface area contributed by atoms with Crippen LogP contribution in [0.2, 0.25) is 0 Å². The van der Waals surface area contributed by atoms with Crippen molar-refractivity contribution < 1.29 is 13.9 Å². The zero-order valence-corrected chi connectivity index (χ0v) is 17.8. The molecular weight excluding hydrogens is 393 g/mol. The minimum Gasteiger partial charge on any atom is -0.496 e. The van der Waals surface area contributed by atoms with E-state index in [4.69, 9.17) is 4.74 Å². The molecule has 0 aromatic heterocycles. The van der Waals surface area contributed by atoms with Crippen LogP contribution in [-0.2, 0) is 11.3 Å². The smallest absolute Gasteiger partial charge is 0.237 e. The summed E-state index contributed by atoms with van der Waals surface area (Å²) in [5.41, 5.74) is 1.88. The molecule has 0 spiro atoms. The number of hydrogen-bond donors (Lipinski definition) is 1. The molecule has 0 radical (unpaired) electrons. The van der Waals surface area contributed by atoms with Gasteiger partial charge in [0.1, 0.15) is 11.6 Å². The highest BCUT2D eigenvalue weighted by molar-refractivity contribution is 5.85. The van der Waals surface area contributed by atoms with Crippen LogP contribution in [0.15, 0.2) is 48.5 Å². The predicted octanol–water partition coefficient (Wildman–Crippen LogP) is 3.25. The number of likely N-dealkylation sites (N-methyl/N-ethyl adjacent to an activating group) is 1. The number of nitrogens with one attached hydrogen (secondary N) is 1. The molecule has 29 heavy (non-hydrogen) atoms. The molecule has 1 atom stereocenters. The Morgan fingerprint density at radius 1 is 1.28 bits per heavy atom. The predicted molar refractivity (Wildman–Crippen MR) is 115 cm³/mol. The number of piperazine rings is 1. The lowest BCUT2D eigenvalue weighted by atomic mass is 10.0. The summed E-state index contributed by atoms with van der Waals surface area (Å²) in [6.07, 6.45) is 0. The summed E-state index contributed by atoms with van der Waals surface area (Å²) in [5, 5.41) is 3.41. The molecule has 0 aliphatic carbocycles. The monoisotopic (exact) mass is 421 g/mol. The fraction of sp³-hybridized carbons (Fsp3) is 0.409. The lowest BCUT2D eigenvalue weighted by molar-refractivity contribution is -0.133. The molecule has 1 saturated heterocycles. The first kappa shape index (κ1) is 23.1. The van der Waals surface area contributed by atoms with E-state index in [9.17, 15) is 9.18 Å². The van der Waals surface area contributed by atoms with E-state index >= 15 is 0 Å². The van der Waals surface area contributed by atoms with E-state index in [2.05, 4.69) is 16.3 Å². The van der Waals surface area contributed by atoms with E-state index < -0.39 is 0 Å². The molecule has 2 aromatic carbocycles. The molecule has 158 valence electrons. The molecule has 2 aromatic rings. The van der Waals surface area contributed by atoms with Crippen molar-refractivity contribution in [1.82, 2.24) is 15.1 Å². The summed E-state index contributed by atoms with van der Waals surface area (Å²) in [4.78, 5) is 17.0. The van der Waals surface area contributed by atoms with Gasteiger partial charge in [0.2, 0.25) is 5.91 Å². The first-order valence-electron chi connectivity index (χ1n) is 9.72. The SMILES string of the molecule is CCN(Cc1cccc(F)c1)C(=O)CN1CCNCC1c1ccccc1OC.Cl. The van der Waals surface area contributed by atoms with Gasteiger partial charge in [-0.05, 0) is 30.7 Å². The van der Waals surface area contributed by atoms with Gasteiger partial charge in [0.05, 0.1) is 19.7 Å². The number of amides is 1. The second-order valence-electron chi connectivity index (χ2n) is 6.97. The maximum Gasteiger partial charge on any atom is 0.237 e. The highest BCUT2D eigenvalue weighted by atomic mass is 35.5. The van der Waals surface area contributed by atoms with Crippen molar-refractivity contribution in [2.24, 2.45) is 0 Å². The highest BCUT2D eigenvalue weighted by Crippen LogP contribution is 2.30. The number of rotatable bonds is 7. The average Bonchev–Trinajstić information content (AvgIpc) is 2.72. The second kappa shape index (κ2) is 11.1. The van der Waals surface area contributed by atoms with E-state index in [0.29, 0.717) is 19.6 Å². The molecule has 7 heteroatoms. The van der Waals surface area contributed by atoms with Gasteiger partial charge in [0.15, 0.2) is 0 Å². The number of hydrogen-bond acceptors (Lipinski definition) is 4. The van der Waals surface area contributed by atoms with Crippen molar-refractivity contribution in [2.45, 2.75) is 19.5 Å². The minimum absolute atomic E-state index is 0. The third-order valence-corrected chi connectivity index (χ3v) is 5.19. The van der Waals surface area contributed by atoms with Gasteiger partial charge in [-0.15, -0.1) is 12.4 Å². The lowest BCUT2D eigenvalue weighted by Crippen LogP contribution is -2.50. The molecule has 5 nitrogen and oxygen atoms in total. The first-order valence-corrected chi connectivity index (χ1v) is 9.72. The van der Waals surface area contributed by atoms with Gasteiger partial charge in [-0.3, -0.25) is 9.69 Å². The molecule has 1 fully saturated rings. The number of para-hydroxylation sites is 1. The Labute approximate surface area is 178 Å². The number of nitrogens with zero attached hydrogens (tertiary/aromatic N) is 2. The first-order chi connectivity index (χ1) is 13.6. The summed E-state index contributed by atoms with van der Waals surface area (Å²) in [6, 6.07) is 14.4. The molecule has 1 heterocycles. The van der Waals surface area contributed by atoms with Crippen LogP contribution in [0.5, 0.6) is 5.75 Å². The normalized spacial score (nSPS) is 16.7. The second-order valence-corrected chi connectivity index (χ2v) is 6.97. The number of methoxy groups -OCH3 is 1. The topological polar surface area (TPSA) is 44.8 Å². The largest absolute Gasteiger partial charge is 0.496 e. The Morgan fingerprint density at radius 2 is 2.07 bits per heavy atom. The van der Waals surface area contributed by atoms with Gasteiger partial charge in [-0.1, -0.05) is 30.3 Å². The maximum absolute atomic E-state index is 13.5. The van der Waals surface area contributed by atoms with Crippen molar-refractivity contribution in [3.05, 3.63) is 65.5 Å². The van der Waals surface area contributed by atoms with E-state index in [1.54, 1.807) is 18.1 Å². The third kappa shape index (κ3) is 5.92. The molecule has 3 rings (SSSR count). The van der Waals surface area contributed by atoms with Crippen LogP contribution in [-0.4, -0.2) is 55.5 Å². The van der Waals surface area contributed by atoms with Gasteiger partial charge in [-0.25, -0.2) is 4.39 Å². The molecule has 1 unspecified atom stereocenters. The van der Waals surface area contributed by atoms with Crippen LogP contribution < -0.4 is 10.1 Å². The van der Waals surface area contributed by atoms with Gasteiger partial charge in [-0.2, -0.15) is 0 Å². The Bertz CT molecular complexity index is 805. The summed E-state index contributed by atoms with van der Waals surface area (Å²) in [7, 11) is 1.67. The molecule has 1 aliphatic heterocycles. The van der Waals surface area contributed by atoms with Crippen LogP contribution in [0.25, 0.3) is 0 Å². The number of benzene rings is 2. The van der Waals surface area contributed by atoms with Crippen molar-refractivity contribution >= 4 is 18.3 Å². The van der Waals surface area contributed by atoms with Crippen molar-refractivity contribution in [1.29, 1.82) is 0 Å². The number of ether oxygens (including phenoxy) is 1. The van der Waals surface area contributed by atoms with Crippen LogP contribution in [0, 0.1) is 5.82 Å². The molecule has 0 saturated carbocycles. The molecule has 1 aliphatic rings. The summed E-state index contributed by atoms with van der Waals surface area (Å²) in [5.74, 6) is 0.605. The van der Waals surface area contributed by atoms with E-state index in [0.717, 1.165) is 36.5 Å². The summed E-state index contributed by atoms with van der Waals surface area (Å²) in [6.45, 7) is 5.67. The third-order valence-electron chi connectivity index (χ3n) is 5.19. The van der Waals surface area contributed by atoms with Crippen molar-refractivity contribution in [3.63, 3.8) is 0 Å². The zero-order valence-electron chi connectivity index (χ0n) is 16.9. The molecular formula is C22H29ClFN3O2. The number of carbonyl (C=O) groups is 1. The fourth-order valence-corrected chi connectivity index (χ4v) is 3.69. The molecule has 1 N–H and O–H groups in total. The van der Waals surface area contributed by atoms with E-state index in [1.807, 2.05) is 31.2 Å². The summed E-state index contributed by atoms with van der Waals surface area (Å²) >= 11 is 0. The Hall–Kier alpha value is -2.15. The molecule has 1 amide bonds. The standard InChI is InChI=1S/C22H28FN3O2.ClH/c1-3-25(15-17-7-6-8-18(23)13-17)22(27)16-26-12-11-24-14-20(26)19-9-4-5-10-21(19)28-2;/h4-10,13,20,24H,3,11-12,14-16H2,1-2H3;1H. The minimum atomic E-state index is -0.278. The van der Waals surface area contributed by atoms with Gasteiger partial charge >= 0.3 is 0 Å². The lowest BCUT2D eigenvalue weighted by Gasteiger charge is -2.37. The van der Waals surface area contributed by atoms with E-state index in [-0.39, 0.29) is 30.2 Å². The molecule has 0 bridgehead atoms. The quantitative estimate of drug-likeness (QED) is 0.745. The Balaban J connectivity index is 0.00000300. The van der Waals surface area contributed by atoms with Crippen molar-refractivity contribution in [2.75, 3.05) is 39.8 Å². The van der Waals surface area contributed by atoms with Gasteiger partial charge in [0.25, 0.3) is 0 Å². The maximum atomic E-state index is 13.5. The highest BCUT2D eigenvalue weighted by Gasteiger charge is 2.28. The van der Waals surface area contributed by atoms with Gasteiger partial charge < -0.3 is 15.0 Å². The van der Waals surface area contributed by atoms with Crippen LogP contribution in [0.4, 0.5) is 4.39 Å². The Kier molecular flexibility index (Phi) is 8.89. The summed E-state index contributed by atoms with van der Waals surface area (Å²) < 4.78 is 19.0. The van der Waals surface area contributed by atoms with Crippen LogP contribution >= 0.6 is 12.4 Å². The fourth-order valence-electron chi connectivity index (χ4n) is 3.69.